The van der Waals surface area contributed by atoms with E-state index in [1.54, 1.807) is 4.90 Å². The van der Waals surface area contributed by atoms with Crippen molar-refractivity contribution >= 4 is 28.9 Å². The number of hydrogen-bond donors (Lipinski definition) is 3. The van der Waals surface area contributed by atoms with Gasteiger partial charge < -0.3 is 25.8 Å². The van der Waals surface area contributed by atoms with Gasteiger partial charge in [0.15, 0.2) is 17.9 Å². The van der Waals surface area contributed by atoms with E-state index >= 15 is 0 Å². The average molecular weight is 290 g/mol. The second-order valence-corrected chi connectivity index (χ2v) is 4.80. The average Bonchev–Trinajstić information content (AvgIpc) is 2.92. The molecule has 0 aliphatic carbocycles. The Bertz CT molecular complexity index is 505. The van der Waals surface area contributed by atoms with Gasteiger partial charge in [-0.3, -0.25) is 0 Å². The number of nitrogens with one attached hydrogen (secondary N) is 1. The first-order valence-electron chi connectivity index (χ1n) is 5.84. The second-order valence-electron chi connectivity index (χ2n) is 4.46. The molecular formula is C10H13ClFN5O2. The van der Waals surface area contributed by atoms with Crippen LogP contribution in [-0.2, 0) is 4.74 Å². The molecule has 2 aliphatic rings. The Labute approximate surface area is 113 Å². The monoisotopic (exact) mass is 289 g/mol. The van der Waals surface area contributed by atoms with Crippen molar-refractivity contribution in [3.05, 3.63) is 5.28 Å². The number of ether oxygens (including phenoxy) is 1. The van der Waals surface area contributed by atoms with E-state index in [9.17, 15) is 4.39 Å². The summed E-state index contributed by atoms with van der Waals surface area (Å²) >= 11 is 5.76. The van der Waals surface area contributed by atoms with Crippen molar-refractivity contribution < 1.29 is 14.2 Å². The highest BCUT2D eigenvalue weighted by atomic mass is 35.5. The third kappa shape index (κ3) is 2.05. The highest BCUT2D eigenvalue weighted by Gasteiger charge is 2.42. The highest BCUT2D eigenvalue weighted by Crippen LogP contribution is 2.38. The summed E-state index contributed by atoms with van der Waals surface area (Å²) in [7, 11) is 0. The molecule has 1 aromatic heterocycles. The summed E-state index contributed by atoms with van der Waals surface area (Å²) in [5.74, 6) is 0.633. The molecule has 0 bridgehead atoms. The minimum Gasteiger partial charge on any atom is -0.394 e. The van der Waals surface area contributed by atoms with Crippen LogP contribution in [0.15, 0.2) is 0 Å². The minimum absolute atomic E-state index is 0.00272. The van der Waals surface area contributed by atoms with Gasteiger partial charge in [0.05, 0.1) is 19.4 Å². The van der Waals surface area contributed by atoms with Crippen molar-refractivity contribution in [2.75, 3.05) is 29.2 Å². The van der Waals surface area contributed by atoms with Gasteiger partial charge in [-0.2, -0.15) is 9.97 Å². The second kappa shape index (κ2) is 4.62. The Morgan fingerprint density at radius 1 is 1.58 bits per heavy atom. The molecule has 0 aromatic carbocycles. The van der Waals surface area contributed by atoms with Gasteiger partial charge in [-0.1, -0.05) is 0 Å². The summed E-state index contributed by atoms with van der Waals surface area (Å²) in [4.78, 5) is 9.48. The molecule has 3 heterocycles. The Morgan fingerprint density at radius 3 is 3.05 bits per heavy atom. The number of anilines is 3. The number of fused-ring (bicyclic) bond motifs is 1. The number of nitrogens with zero attached hydrogens (tertiary/aromatic N) is 3. The first-order valence-corrected chi connectivity index (χ1v) is 6.22. The van der Waals surface area contributed by atoms with E-state index in [2.05, 4.69) is 15.3 Å². The third-order valence-corrected chi connectivity index (χ3v) is 3.40. The normalized spacial score (nSPS) is 29.4. The molecule has 1 fully saturated rings. The number of nitrogens with two attached hydrogens (primary N) is 1. The Hall–Kier alpha value is -1.38. The SMILES string of the molecule is Nc1nc(Cl)nc2c1NCN2C1OC(CO)CC1F. The molecule has 2 aliphatic heterocycles. The van der Waals surface area contributed by atoms with Crippen LogP contribution in [0.25, 0.3) is 0 Å². The lowest BCUT2D eigenvalue weighted by molar-refractivity contribution is 0.00153. The molecule has 3 unspecified atom stereocenters. The standard InChI is InChI=1S/C10H13ClFN5O2/c11-10-15-7(13)6-8(16-10)17(3-14-6)9-5(12)1-4(2-18)19-9/h4-5,9,14,18H,1-3H2,(H2,13,15,16). The molecule has 0 saturated carbocycles. The van der Waals surface area contributed by atoms with E-state index in [4.69, 9.17) is 27.2 Å². The van der Waals surface area contributed by atoms with Gasteiger partial charge in [-0.25, -0.2) is 4.39 Å². The highest BCUT2D eigenvalue weighted by molar-refractivity contribution is 6.28. The van der Waals surface area contributed by atoms with Crippen LogP contribution >= 0.6 is 11.6 Å². The Kier molecular flexibility index (Phi) is 3.08. The summed E-state index contributed by atoms with van der Waals surface area (Å²) in [6.45, 7) is 0.0928. The third-order valence-electron chi connectivity index (χ3n) is 3.23. The van der Waals surface area contributed by atoms with Crippen molar-refractivity contribution in [2.45, 2.75) is 24.9 Å². The van der Waals surface area contributed by atoms with Gasteiger partial charge in [0.1, 0.15) is 11.9 Å². The summed E-state index contributed by atoms with van der Waals surface area (Å²) in [6, 6.07) is 0. The van der Waals surface area contributed by atoms with Gasteiger partial charge in [0.2, 0.25) is 5.28 Å². The van der Waals surface area contributed by atoms with E-state index < -0.39 is 18.5 Å². The van der Waals surface area contributed by atoms with Crippen molar-refractivity contribution in [1.82, 2.24) is 9.97 Å². The van der Waals surface area contributed by atoms with Crippen LogP contribution in [0.1, 0.15) is 6.42 Å². The Balaban J connectivity index is 1.90. The van der Waals surface area contributed by atoms with Crippen LogP contribution in [-0.4, -0.2) is 46.9 Å². The molecule has 0 amide bonds. The van der Waals surface area contributed by atoms with E-state index in [1.807, 2.05) is 0 Å². The topological polar surface area (TPSA) is 96.5 Å². The summed E-state index contributed by atoms with van der Waals surface area (Å²) in [6.07, 6.45) is -2.36. The molecule has 3 atom stereocenters. The van der Waals surface area contributed by atoms with Crippen molar-refractivity contribution in [3.63, 3.8) is 0 Å². The fourth-order valence-corrected chi connectivity index (χ4v) is 2.53. The molecule has 1 saturated heterocycles. The molecule has 104 valence electrons. The lowest BCUT2D eigenvalue weighted by atomic mass is 10.2. The number of rotatable bonds is 2. The quantitative estimate of drug-likeness (QED) is 0.676. The first-order chi connectivity index (χ1) is 9.10. The van der Waals surface area contributed by atoms with Crippen molar-refractivity contribution in [2.24, 2.45) is 0 Å². The lowest BCUT2D eigenvalue weighted by Crippen LogP contribution is -2.40. The van der Waals surface area contributed by atoms with Crippen molar-refractivity contribution in [1.29, 1.82) is 0 Å². The molecule has 7 nitrogen and oxygen atoms in total. The number of aromatic nitrogens is 2. The molecular weight excluding hydrogens is 277 g/mol. The number of aliphatic hydroxyl groups excluding tert-OH is 1. The number of aliphatic hydroxyl groups is 1. The zero-order chi connectivity index (χ0) is 13.6. The molecule has 3 rings (SSSR count). The van der Waals surface area contributed by atoms with Crippen LogP contribution in [0.3, 0.4) is 0 Å². The number of alkyl halides is 1. The number of nitrogen functional groups attached to an aromatic ring is 1. The largest absolute Gasteiger partial charge is 0.394 e. The zero-order valence-corrected chi connectivity index (χ0v) is 10.6. The van der Waals surface area contributed by atoms with E-state index in [-0.39, 0.29) is 24.1 Å². The fraction of sp³-hybridized carbons (Fsp3) is 0.600. The van der Waals surface area contributed by atoms with Crippen LogP contribution < -0.4 is 16.0 Å². The fourth-order valence-electron chi connectivity index (χ4n) is 2.36. The maximum atomic E-state index is 14.0. The molecule has 9 heteroatoms. The van der Waals surface area contributed by atoms with Crippen LogP contribution in [0.2, 0.25) is 5.28 Å². The predicted octanol–water partition coefficient (Wildman–Crippen LogP) is 0.347. The van der Waals surface area contributed by atoms with Gasteiger partial charge in [0, 0.05) is 6.42 Å². The summed E-state index contributed by atoms with van der Waals surface area (Å²) < 4.78 is 19.4. The minimum atomic E-state index is -1.21. The molecule has 4 N–H and O–H groups in total. The lowest BCUT2D eigenvalue weighted by Gasteiger charge is -2.25. The van der Waals surface area contributed by atoms with Gasteiger partial charge in [-0.05, 0) is 11.6 Å². The number of halogens is 2. The van der Waals surface area contributed by atoms with E-state index in [0.717, 1.165) is 0 Å². The van der Waals surface area contributed by atoms with E-state index in [0.29, 0.717) is 18.2 Å². The first kappa shape index (κ1) is 12.6. The van der Waals surface area contributed by atoms with Crippen LogP contribution in [0.4, 0.5) is 21.7 Å². The predicted molar refractivity (Wildman–Crippen MR) is 67.7 cm³/mol. The smallest absolute Gasteiger partial charge is 0.226 e. The van der Waals surface area contributed by atoms with Gasteiger partial charge >= 0.3 is 0 Å². The maximum absolute atomic E-state index is 14.0. The summed E-state index contributed by atoms with van der Waals surface area (Å²) in [5, 5.41) is 12.0. The van der Waals surface area contributed by atoms with E-state index in [1.165, 1.54) is 0 Å². The van der Waals surface area contributed by atoms with Gasteiger partial charge in [0.25, 0.3) is 0 Å². The van der Waals surface area contributed by atoms with Crippen LogP contribution in [0, 0.1) is 0 Å². The summed E-state index contributed by atoms with van der Waals surface area (Å²) in [5.41, 5.74) is 6.24. The van der Waals surface area contributed by atoms with Crippen LogP contribution in [0.5, 0.6) is 0 Å². The molecule has 19 heavy (non-hydrogen) atoms. The van der Waals surface area contributed by atoms with Gasteiger partial charge in [-0.15, -0.1) is 0 Å². The molecule has 0 radical (unpaired) electrons. The maximum Gasteiger partial charge on any atom is 0.226 e. The number of hydrogen-bond acceptors (Lipinski definition) is 7. The van der Waals surface area contributed by atoms with Crippen molar-refractivity contribution in [3.8, 4) is 0 Å². The molecule has 1 aromatic rings. The zero-order valence-electron chi connectivity index (χ0n) is 9.88. The Morgan fingerprint density at radius 2 is 2.37 bits per heavy atom. The molecule has 0 spiro atoms.